The van der Waals surface area contributed by atoms with Gasteiger partial charge < -0.3 is 5.32 Å². The number of thiocarbonyl (C=S) groups is 1. The molecular weight excluding hydrogens is 282 g/mol. The molecule has 0 heterocycles. The molecule has 5 heteroatoms. The predicted octanol–water partition coefficient (Wildman–Crippen LogP) is 2.93. The maximum Gasteiger partial charge on any atom is 0.269 e. The van der Waals surface area contributed by atoms with E-state index in [0.29, 0.717) is 10.7 Å². The Hall–Kier alpha value is -2.40. The van der Waals surface area contributed by atoms with Gasteiger partial charge in [0.15, 0.2) is 5.11 Å². The van der Waals surface area contributed by atoms with Crippen molar-refractivity contribution in [3.8, 4) is 0 Å². The van der Waals surface area contributed by atoms with Crippen LogP contribution in [0.4, 0.5) is 5.69 Å². The minimum Gasteiger partial charge on any atom is -0.331 e. The monoisotopic (exact) mass is 299 g/mol. The van der Waals surface area contributed by atoms with Gasteiger partial charge >= 0.3 is 0 Å². The molecule has 0 unspecified atom stereocenters. The summed E-state index contributed by atoms with van der Waals surface area (Å²) in [6, 6.07) is 15.0. The lowest BCUT2D eigenvalue weighted by molar-refractivity contribution is 0.0944. The van der Waals surface area contributed by atoms with Gasteiger partial charge in [-0.05, 0) is 49.8 Å². The van der Waals surface area contributed by atoms with Gasteiger partial charge in [-0.1, -0.05) is 35.9 Å². The molecule has 1 amide bonds. The van der Waals surface area contributed by atoms with Crippen molar-refractivity contribution in [1.82, 2.24) is 10.9 Å². The molecule has 0 atom stereocenters. The standard InChI is InChI=1S/C16H17N3OS/c1-11-8-9-14(12(2)10-11)17-16(21)19-18-15(20)13-6-4-3-5-7-13/h3-10H,1-2H3,(H,18,20)(H2,17,19,21). The van der Waals surface area contributed by atoms with Crippen LogP contribution < -0.4 is 16.2 Å². The molecule has 108 valence electrons. The number of hydrazine groups is 1. The van der Waals surface area contributed by atoms with Crippen LogP contribution in [0.25, 0.3) is 0 Å². The predicted molar refractivity (Wildman–Crippen MR) is 89.2 cm³/mol. The number of anilines is 1. The van der Waals surface area contributed by atoms with Crippen LogP contribution in [0.2, 0.25) is 0 Å². The van der Waals surface area contributed by atoms with Crippen molar-refractivity contribution < 1.29 is 4.79 Å². The van der Waals surface area contributed by atoms with Gasteiger partial charge in [0, 0.05) is 11.3 Å². The molecule has 2 aromatic carbocycles. The van der Waals surface area contributed by atoms with Crippen molar-refractivity contribution in [3.63, 3.8) is 0 Å². The highest BCUT2D eigenvalue weighted by Gasteiger charge is 2.05. The molecule has 0 saturated heterocycles. The summed E-state index contributed by atoms with van der Waals surface area (Å²) in [6.45, 7) is 4.04. The van der Waals surface area contributed by atoms with Crippen LogP contribution in [0, 0.1) is 13.8 Å². The summed E-state index contributed by atoms with van der Waals surface area (Å²) < 4.78 is 0. The number of carbonyl (C=O) groups excluding carboxylic acids is 1. The molecule has 2 rings (SSSR count). The van der Waals surface area contributed by atoms with Gasteiger partial charge in [-0.2, -0.15) is 0 Å². The molecule has 0 bridgehead atoms. The Balaban J connectivity index is 1.89. The fourth-order valence-electron chi connectivity index (χ4n) is 1.88. The second kappa shape index (κ2) is 6.85. The first-order valence-electron chi connectivity index (χ1n) is 6.56. The van der Waals surface area contributed by atoms with E-state index in [4.69, 9.17) is 12.2 Å². The lowest BCUT2D eigenvalue weighted by atomic mass is 10.1. The molecule has 0 aromatic heterocycles. The normalized spacial score (nSPS) is 9.81. The quantitative estimate of drug-likeness (QED) is 0.589. The highest BCUT2D eigenvalue weighted by molar-refractivity contribution is 7.80. The molecular formula is C16H17N3OS. The van der Waals surface area contributed by atoms with Crippen molar-refractivity contribution in [1.29, 1.82) is 0 Å². The van der Waals surface area contributed by atoms with Crippen molar-refractivity contribution in [2.24, 2.45) is 0 Å². The van der Waals surface area contributed by atoms with E-state index < -0.39 is 0 Å². The molecule has 0 spiro atoms. The van der Waals surface area contributed by atoms with E-state index >= 15 is 0 Å². The lowest BCUT2D eigenvalue weighted by Crippen LogP contribution is -2.43. The number of carbonyl (C=O) groups is 1. The van der Waals surface area contributed by atoms with Gasteiger partial charge in [-0.15, -0.1) is 0 Å². The molecule has 2 aromatic rings. The lowest BCUT2D eigenvalue weighted by Gasteiger charge is -2.13. The van der Waals surface area contributed by atoms with E-state index in [0.717, 1.165) is 11.3 Å². The highest BCUT2D eigenvalue weighted by Crippen LogP contribution is 2.15. The van der Waals surface area contributed by atoms with Crippen molar-refractivity contribution in [3.05, 3.63) is 65.2 Å². The van der Waals surface area contributed by atoms with Gasteiger partial charge in [0.2, 0.25) is 0 Å². The molecule has 3 N–H and O–H groups in total. The molecule has 0 fully saturated rings. The van der Waals surface area contributed by atoms with Crippen LogP contribution in [0.5, 0.6) is 0 Å². The Morgan fingerprint density at radius 3 is 2.38 bits per heavy atom. The van der Waals surface area contributed by atoms with Crippen LogP contribution >= 0.6 is 12.2 Å². The zero-order valence-electron chi connectivity index (χ0n) is 11.9. The first-order chi connectivity index (χ1) is 10.1. The van der Waals surface area contributed by atoms with E-state index in [-0.39, 0.29) is 5.91 Å². The number of hydrogen-bond acceptors (Lipinski definition) is 2. The molecule has 0 saturated carbocycles. The maximum atomic E-state index is 11.9. The van der Waals surface area contributed by atoms with E-state index in [2.05, 4.69) is 22.2 Å². The first kappa shape index (κ1) is 15.0. The minimum atomic E-state index is -0.236. The summed E-state index contributed by atoms with van der Waals surface area (Å²) in [5.74, 6) is -0.236. The van der Waals surface area contributed by atoms with Gasteiger partial charge in [-0.3, -0.25) is 15.6 Å². The minimum absolute atomic E-state index is 0.236. The number of benzene rings is 2. The number of rotatable bonds is 2. The average Bonchev–Trinajstić information content (AvgIpc) is 2.48. The van der Waals surface area contributed by atoms with E-state index in [1.54, 1.807) is 24.3 Å². The number of amides is 1. The third-order valence-electron chi connectivity index (χ3n) is 2.96. The fraction of sp³-hybridized carbons (Fsp3) is 0.125. The number of hydrogen-bond donors (Lipinski definition) is 3. The number of aryl methyl sites for hydroxylation is 2. The van der Waals surface area contributed by atoms with Gasteiger partial charge in [-0.25, -0.2) is 0 Å². The Labute approximate surface area is 129 Å². The topological polar surface area (TPSA) is 53.2 Å². The number of nitrogens with one attached hydrogen (secondary N) is 3. The van der Waals surface area contributed by atoms with Crippen LogP contribution in [-0.2, 0) is 0 Å². The van der Waals surface area contributed by atoms with Crippen LogP contribution in [-0.4, -0.2) is 11.0 Å². The Morgan fingerprint density at radius 1 is 1.00 bits per heavy atom. The molecule has 0 aliphatic rings. The smallest absolute Gasteiger partial charge is 0.269 e. The Bertz CT molecular complexity index is 656. The van der Waals surface area contributed by atoms with E-state index in [1.165, 1.54) is 5.56 Å². The molecule has 0 aliphatic carbocycles. The Morgan fingerprint density at radius 2 is 1.71 bits per heavy atom. The molecule has 0 aliphatic heterocycles. The maximum absolute atomic E-state index is 11.9. The van der Waals surface area contributed by atoms with Gasteiger partial charge in [0.1, 0.15) is 0 Å². The largest absolute Gasteiger partial charge is 0.331 e. The van der Waals surface area contributed by atoms with E-state index in [1.807, 2.05) is 32.0 Å². The summed E-state index contributed by atoms with van der Waals surface area (Å²) >= 11 is 5.16. The molecule has 21 heavy (non-hydrogen) atoms. The summed E-state index contributed by atoms with van der Waals surface area (Å²) in [6.07, 6.45) is 0. The van der Waals surface area contributed by atoms with Crippen molar-refractivity contribution in [2.75, 3.05) is 5.32 Å². The Kier molecular flexibility index (Phi) is 4.90. The van der Waals surface area contributed by atoms with Gasteiger partial charge in [0.25, 0.3) is 5.91 Å². The highest BCUT2D eigenvalue weighted by atomic mass is 32.1. The second-order valence-corrected chi connectivity index (χ2v) is 5.13. The van der Waals surface area contributed by atoms with Crippen LogP contribution in [0.1, 0.15) is 21.5 Å². The summed E-state index contributed by atoms with van der Waals surface area (Å²) in [5, 5.41) is 3.39. The van der Waals surface area contributed by atoms with Crippen molar-refractivity contribution >= 4 is 28.9 Å². The van der Waals surface area contributed by atoms with E-state index in [9.17, 15) is 4.79 Å². The zero-order valence-corrected chi connectivity index (χ0v) is 12.8. The zero-order chi connectivity index (χ0) is 15.2. The SMILES string of the molecule is Cc1ccc(NC(=S)NNC(=O)c2ccccc2)c(C)c1. The third-order valence-corrected chi connectivity index (χ3v) is 3.16. The third kappa shape index (κ3) is 4.29. The molecule has 4 nitrogen and oxygen atoms in total. The average molecular weight is 299 g/mol. The first-order valence-corrected chi connectivity index (χ1v) is 6.97. The van der Waals surface area contributed by atoms with Crippen LogP contribution in [0.15, 0.2) is 48.5 Å². The fourth-order valence-corrected chi connectivity index (χ4v) is 2.04. The van der Waals surface area contributed by atoms with Gasteiger partial charge in [0.05, 0.1) is 0 Å². The second-order valence-electron chi connectivity index (χ2n) is 4.72. The van der Waals surface area contributed by atoms with Crippen molar-refractivity contribution in [2.45, 2.75) is 13.8 Å². The summed E-state index contributed by atoms with van der Waals surface area (Å²) in [7, 11) is 0. The van der Waals surface area contributed by atoms with Crippen LogP contribution in [0.3, 0.4) is 0 Å². The summed E-state index contributed by atoms with van der Waals surface area (Å²) in [4.78, 5) is 11.9. The molecule has 0 radical (unpaired) electrons. The summed E-state index contributed by atoms with van der Waals surface area (Å²) in [5.41, 5.74) is 9.01.